The molecular weight excluding hydrogens is 535 g/mol. The second-order valence-corrected chi connectivity index (χ2v) is 6.16. The summed E-state index contributed by atoms with van der Waals surface area (Å²) in [6.45, 7) is 0. The van der Waals surface area contributed by atoms with E-state index in [0.717, 1.165) is 28.0 Å². The molecule has 0 bridgehead atoms. The van der Waals surface area contributed by atoms with Gasteiger partial charge in [-0.25, -0.2) is 0 Å². The van der Waals surface area contributed by atoms with Gasteiger partial charge in [0.25, 0.3) is 0 Å². The molecule has 2 aromatic heterocycles. The molecule has 0 unspecified atom stereocenters. The van der Waals surface area contributed by atoms with Crippen LogP contribution in [-0.4, -0.2) is 9.97 Å². The van der Waals surface area contributed by atoms with Gasteiger partial charge in [0, 0.05) is 6.20 Å². The van der Waals surface area contributed by atoms with Crippen LogP contribution in [0.4, 0.5) is 0 Å². The van der Waals surface area contributed by atoms with Crippen molar-refractivity contribution in [2.24, 2.45) is 0 Å². The van der Waals surface area contributed by atoms with E-state index in [4.69, 9.17) is 0 Å². The van der Waals surface area contributed by atoms with Crippen LogP contribution < -0.4 is 0 Å². The van der Waals surface area contributed by atoms with Crippen LogP contribution in [-0.2, 0) is 21.1 Å². The molecule has 3 heteroatoms. The number of hydrogen-bond donors (Lipinski definition) is 0. The molecule has 3 aromatic carbocycles. The number of hydrogen-bond acceptors (Lipinski definition) is 2. The summed E-state index contributed by atoms with van der Waals surface area (Å²) in [5.74, 6) is 0. The van der Waals surface area contributed by atoms with E-state index in [9.17, 15) is 0 Å². The van der Waals surface area contributed by atoms with E-state index in [2.05, 4.69) is 34.2 Å². The maximum Gasteiger partial charge on any atom is 2.00 e. The van der Waals surface area contributed by atoms with Crippen molar-refractivity contribution in [3.63, 3.8) is 0 Å². The average Bonchev–Trinajstić information content (AvgIpc) is 2.81. The molecular formula is C26H18N2Pt. The fraction of sp³-hybridized carbons (Fsp3) is 0. The molecule has 142 valence electrons. The predicted molar refractivity (Wildman–Crippen MR) is 115 cm³/mol. The van der Waals surface area contributed by atoms with Crippen molar-refractivity contribution in [2.75, 3.05) is 0 Å². The summed E-state index contributed by atoms with van der Waals surface area (Å²) in [7, 11) is 0. The van der Waals surface area contributed by atoms with Gasteiger partial charge in [0.1, 0.15) is 0 Å². The van der Waals surface area contributed by atoms with E-state index in [-0.39, 0.29) is 21.1 Å². The molecule has 0 N–H and O–H groups in total. The summed E-state index contributed by atoms with van der Waals surface area (Å²) < 4.78 is 0. The number of pyridine rings is 2. The number of aromatic nitrogens is 2. The first kappa shape index (κ1) is 20.6. The largest absolute Gasteiger partial charge is 2.00 e. The van der Waals surface area contributed by atoms with E-state index in [1.807, 2.05) is 91.0 Å². The Bertz CT molecular complexity index is 1110. The Morgan fingerprint density at radius 3 is 1.86 bits per heavy atom. The van der Waals surface area contributed by atoms with Crippen LogP contribution in [0.1, 0.15) is 0 Å². The van der Waals surface area contributed by atoms with Crippen molar-refractivity contribution < 1.29 is 21.1 Å². The Balaban J connectivity index is 0.000000167. The van der Waals surface area contributed by atoms with Gasteiger partial charge in [0.05, 0.1) is 5.52 Å². The third kappa shape index (κ3) is 5.46. The Labute approximate surface area is 185 Å². The van der Waals surface area contributed by atoms with Crippen molar-refractivity contribution in [3.05, 3.63) is 121 Å². The molecule has 2 nitrogen and oxygen atoms in total. The van der Waals surface area contributed by atoms with Crippen LogP contribution in [0, 0.1) is 12.1 Å². The summed E-state index contributed by atoms with van der Waals surface area (Å²) in [5, 5.41) is 1.17. The molecule has 0 amide bonds. The third-order valence-corrected chi connectivity index (χ3v) is 4.23. The van der Waals surface area contributed by atoms with E-state index >= 15 is 0 Å². The fourth-order valence-corrected chi connectivity index (χ4v) is 2.84. The van der Waals surface area contributed by atoms with Crippen molar-refractivity contribution in [3.8, 4) is 22.5 Å². The minimum absolute atomic E-state index is 0. The average molecular weight is 554 g/mol. The number of para-hydroxylation sites is 1. The first-order valence-corrected chi connectivity index (χ1v) is 9.11. The van der Waals surface area contributed by atoms with Crippen LogP contribution >= 0.6 is 0 Å². The van der Waals surface area contributed by atoms with Gasteiger partial charge in [-0.05, 0) is 28.9 Å². The summed E-state index contributed by atoms with van der Waals surface area (Å²) in [6, 6.07) is 40.2. The minimum Gasteiger partial charge on any atom is -0.305 e. The number of rotatable bonds is 2. The zero-order valence-corrected chi connectivity index (χ0v) is 17.9. The molecule has 0 saturated heterocycles. The van der Waals surface area contributed by atoms with E-state index in [1.54, 1.807) is 6.20 Å². The van der Waals surface area contributed by atoms with Crippen molar-refractivity contribution in [1.82, 2.24) is 9.97 Å². The first-order valence-electron chi connectivity index (χ1n) is 9.11. The first-order chi connectivity index (χ1) is 13.9. The SMILES string of the molecule is [Pt+2].[c-]1ccccc1-c1ccc2ccccc2n1.[c-]1ccccc1-c1ccccn1. The molecule has 0 atom stereocenters. The van der Waals surface area contributed by atoms with Crippen molar-refractivity contribution in [1.29, 1.82) is 0 Å². The topological polar surface area (TPSA) is 25.8 Å². The van der Waals surface area contributed by atoms with Gasteiger partial charge < -0.3 is 4.98 Å². The molecule has 0 fully saturated rings. The van der Waals surface area contributed by atoms with Gasteiger partial charge in [0.2, 0.25) is 0 Å². The molecule has 5 aromatic rings. The van der Waals surface area contributed by atoms with Crippen LogP contribution in [0.3, 0.4) is 0 Å². The smallest absolute Gasteiger partial charge is 0.305 e. The molecule has 0 saturated carbocycles. The predicted octanol–water partition coefficient (Wildman–Crippen LogP) is 6.25. The third-order valence-electron chi connectivity index (χ3n) is 4.23. The minimum atomic E-state index is 0. The van der Waals surface area contributed by atoms with Crippen LogP contribution in [0.2, 0.25) is 0 Å². The zero-order chi connectivity index (χ0) is 19.0. The molecule has 0 aliphatic heterocycles. The summed E-state index contributed by atoms with van der Waals surface area (Å²) in [4.78, 5) is 8.83. The normalized spacial score (nSPS) is 9.79. The second kappa shape index (κ2) is 10.5. The summed E-state index contributed by atoms with van der Waals surface area (Å²) in [6.07, 6.45) is 1.79. The van der Waals surface area contributed by atoms with E-state index in [1.165, 1.54) is 5.39 Å². The number of fused-ring (bicyclic) bond motifs is 1. The van der Waals surface area contributed by atoms with Gasteiger partial charge >= 0.3 is 21.1 Å². The van der Waals surface area contributed by atoms with Gasteiger partial charge in [-0.15, -0.1) is 71.8 Å². The molecule has 0 aliphatic carbocycles. The number of benzene rings is 3. The Kier molecular flexibility index (Phi) is 7.44. The van der Waals surface area contributed by atoms with Crippen LogP contribution in [0.15, 0.2) is 109 Å². The Hall–Kier alpha value is -3.09. The Morgan fingerprint density at radius 1 is 0.552 bits per heavy atom. The summed E-state index contributed by atoms with van der Waals surface area (Å²) in [5.41, 5.74) is 5.04. The van der Waals surface area contributed by atoms with E-state index < -0.39 is 0 Å². The van der Waals surface area contributed by atoms with E-state index in [0.29, 0.717) is 0 Å². The fourth-order valence-electron chi connectivity index (χ4n) is 2.84. The van der Waals surface area contributed by atoms with Gasteiger partial charge in [-0.1, -0.05) is 42.5 Å². The molecule has 5 rings (SSSR count). The van der Waals surface area contributed by atoms with Crippen molar-refractivity contribution in [2.45, 2.75) is 0 Å². The van der Waals surface area contributed by atoms with Crippen molar-refractivity contribution >= 4 is 10.9 Å². The Morgan fingerprint density at radius 2 is 1.21 bits per heavy atom. The van der Waals surface area contributed by atoms with Gasteiger partial charge in [-0.3, -0.25) is 4.98 Å². The molecule has 0 radical (unpaired) electrons. The van der Waals surface area contributed by atoms with Crippen LogP contribution in [0.5, 0.6) is 0 Å². The number of nitrogens with zero attached hydrogens (tertiary/aromatic N) is 2. The summed E-state index contributed by atoms with van der Waals surface area (Å²) >= 11 is 0. The molecule has 2 heterocycles. The van der Waals surface area contributed by atoms with Crippen LogP contribution in [0.25, 0.3) is 33.4 Å². The van der Waals surface area contributed by atoms with Gasteiger partial charge in [-0.2, -0.15) is 0 Å². The molecule has 29 heavy (non-hydrogen) atoms. The quantitative estimate of drug-likeness (QED) is 0.242. The molecule has 0 spiro atoms. The maximum atomic E-state index is 4.61. The maximum absolute atomic E-state index is 4.61. The second-order valence-electron chi connectivity index (χ2n) is 6.16. The standard InChI is InChI=1S/C15H10N.C11H8N.Pt/c1-2-6-12(7-3-1)15-11-10-13-8-4-5-9-14(13)16-15;1-2-6-10(7-3-1)11-8-4-5-9-12-11;/h1-6,8-11H;1-6,8-9H;/q2*-1;+2. The zero-order valence-electron chi connectivity index (χ0n) is 15.6. The molecule has 0 aliphatic rings. The van der Waals surface area contributed by atoms with Gasteiger partial charge in [0.15, 0.2) is 0 Å². The monoisotopic (exact) mass is 553 g/mol.